The molecule has 0 heterocycles. The molecule has 0 aromatic carbocycles. The third-order valence-electron chi connectivity index (χ3n) is 5.04. The van der Waals surface area contributed by atoms with E-state index in [2.05, 4.69) is 10.6 Å². The van der Waals surface area contributed by atoms with Gasteiger partial charge in [0.1, 0.15) is 0 Å². The Balaban J connectivity index is 1.77. The summed E-state index contributed by atoms with van der Waals surface area (Å²) in [5.74, 6) is -0.833. The number of carbonyl (C=O) groups excluding carboxylic acids is 1. The predicted molar refractivity (Wildman–Crippen MR) is 81.0 cm³/mol. The smallest absolute Gasteiger partial charge is 0.311 e. The van der Waals surface area contributed by atoms with Crippen LogP contribution in [0.25, 0.3) is 0 Å². The summed E-state index contributed by atoms with van der Waals surface area (Å²) in [7, 11) is 0. The second kappa shape index (κ2) is 7.78. The minimum Gasteiger partial charge on any atom is -0.481 e. The van der Waals surface area contributed by atoms with Crippen molar-refractivity contribution >= 4 is 11.9 Å². The van der Waals surface area contributed by atoms with Gasteiger partial charge >= 0.3 is 5.97 Å². The predicted octanol–water partition coefficient (Wildman–Crippen LogP) is 2.06. The summed E-state index contributed by atoms with van der Waals surface area (Å²) in [6, 6.07) is 0.460. The normalized spacial score (nSPS) is 22.7. The van der Waals surface area contributed by atoms with E-state index in [4.69, 9.17) is 0 Å². The van der Waals surface area contributed by atoms with Gasteiger partial charge in [0.05, 0.1) is 12.0 Å². The lowest BCUT2D eigenvalue weighted by molar-refractivity contribution is -0.149. The molecule has 0 bridgehead atoms. The van der Waals surface area contributed by atoms with Crippen molar-refractivity contribution in [1.82, 2.24) is 10.6 Å². The van der Waals surface area contributed by atoms with Crippen LogP contribution in [-0.2, 0) is 9.59 Å². The fourth-order valence-corrected chi connectivity index (χ4v) is 3.57. The molecule has 3 N–H and O–H groups in total. The largest absolute Gasteiger partial charge is 0.481 e. The van der Waals surface area contributed by atoms with Gasteiger partial charge in [-0.3, -0.25) is 9.59 Å². The SMILES string of the molecule is O=C(CNC1CCCC1)NCC1(C(=O)O)CCCCCC1. The Morgan fingerprint density at radius 3 is 2.19 bits per heavy atom. The molecule has 0 aromatic rings. The Labute approximate surface area is 126 Å². The molecule has 2 saturated carbocycles. The van der Waals surface area contributed by atoms with E-state index < -0.39 is 11.4 Å². The van der Waals surface area contributed by atoms with Gasteiger partial charge < -0.3 is 15.7 Å². The highest BCUT2D eigenvalue weighted by atomic mass is 16.4. The first-order chi connectivity index (χ1) is 10.1. The lowest BCUT2D eigenvalue weighted by atomic mass is 9.80. The average Bonchev–Trinajstić information content (AvgIpc) is 2.87. The molecule has 0 saturated heterocycles. The zero-order valence-electron chi connectivity index (χ0n) is 12.8. The van der Waals surface area contributed by atoms with Crippen molar-refractivity contribution in [3.05, 3.63) is 0 Å². The Bertz CT molecular complexity index is 357. The van der Waals surface area contributed by atoms with Gasteiger partial charge in [-0.15, -0.1) is 0 Å². The van der Waals surface area contributed by atoms with Crippen molar-refractivity contribution in [2.45, 2.75) is 70.3 Å². The second-order valence-electron chi connectivity index (χ2n) is 6.64. The number of nitrogens with one attached hydrogen (secondary N) is 2. The molecule has 0 aliphatic heterocycles. The molecule has 5 nitrogen and oxygen atoms in total. The third-order valence-corrected chi connectivity index (χ3v) is 5.04. The summed E-state index contributed by atoms with van der Waals surface area (Å²) in [6.45, 7) is 0.577. The van der Waals surface area contributed by atoms with Gasteiger partial charge in [-0.2, -0.15) is 0 Å². The van der Waals surface area contributed by atoms with Gasteiger partial charge in [0, 0.05) is 12.6 Å². The van der Waals surface area contributed by atoms with Crippen LogP contribution >= 0.6 is 0 Å². The molecule has 120 valence electrons. The molecule has 2 aliphatic carbocycles. The van der Waals surface area contributed by atoms with Gasteiger partial charge in [0.2, 0.25) is 5.91 Å². The lowest BCUT2D eigenvalue weighted by Gasteiger charge is -2.28. The average molecular weight is 296 g/mol. The first kappa shape index (κ1) is 16.3. The van der Waals surface area contributed by atoms with Crippen LogP contribution in [0.2, 0.25) is 0 Å². The molecule has 0 aromatic heterocycles. The lowest BCUT2D eigenvalue weighted by Crippen LogP contribution is -2.46. The molecular formula is C16H28N2O3. The highest BCUT2D eigenvalue weighted by Gasteiger charge is 2.38. The van der Waals surface area contributed by atoms with Gasteiger partial charge in [-0.05, 0) is 25.7 Å². The molecule has 1 amide bonds. The molecule has 21 heavy (non-hydrogen) atoms. The maximum Gasteiger partial charge on any atom is 0.311 e. The number of hydrogen-bond donors (Lipinski definition) is 3. The number of aliphatic carboxylic acids is 1. The molecule has 0 spiro atoms. The van der Waals surface area contributed by atoms with Crippen molar-refractivity contribution in [2.75, 3.05) is 13.1 Å². The van der Waals surface area contributed by atoms with E-state index in [1.165, 1.54) is 12.8 Å². The molecule has 2 fully saturated rings. The van der Waals surface area contributed by atoms with E-state index >= 15 is 0 Å². The van der Waals surface area contributed by atoms with Gasteiger partial charge in [0.25, 0.3) is 0 Å². The van der Waals surface area contributed by atoms with E-state index in [-0.39, 0.29) is 12.5 Å². The Hall–Kier alpha value is -1.10. The van der Waals surface area contributed by atoms with E-state index in [0.29, 0.717) is 25.4 Å². The Kier molecular flexibility index (Phi) is 6.03. The standard InChI is InChI=1S/C16H28N2O3/c19-14(11-17-13-7-3-4-8-13)18-12-16(15(20)21)9-5-1-2-6-10-16/h13,17H,1-12H2,(H,18,19)(H,20,21). The van der Waals surface area contributed by atoms with Crippen LogP contribution in [0.5, 0.6) is 0 Å². The summed E-state index contributed by atoms with van der Waals surface area (Å²) in [4.78, 5) is 23.6. The fourth-order valence-electron chi connectivity index (χ4n) is 3.57. The summed E-state index contributed by atoms with van der Waals surface area (Å²) in [5.41, 5.74) is -0.750. The van der Waals surface area contributed by atoms with Gasteiger partial charge in [-0.1, -0.05) is 38.5 Å². The van der Waals surface area contributed by atoms with Crippen LogP contribution in [0.4, 0.5) is 0 Å². The first-order valence-corrected chi connectivity index (χ1v) is 8.36. The summed E-state index contributed by atoms with van der Waals surface area (Å²) < 4.78 is 0. The van der Waals surface area contributed by atoms with Crippen LogP contribution in [0.15, 0.2) is 0 Å². The van der Waals surface area contributed by atoms with Crippen molar-refractivity contribution in [1.29, 1.82) is 0 Å². The number of carboxylic acid groups (broad SMARTS) is 1. The number of carbonyl (C=O) groups is 2. The summed E-state index contributed by atoms with van der Waals surface area (Å²) in [6.07, 6.45) is 10.2. The van der Waals surface area contributed by atoms with Gasteiger partial charge in [-0.25, -0.2) is 0 Å². The molecule has 0 radical (unpaired) electrons. The highest BCUT2D eigenvalue weighted by molar-refractivity contribution is 5.80. The zero-order valence-corrected chi connectivity index (χ0v) is 12.8. The molecule has 5 heteroatoms. The van der Waals surface area contributed by atoms with Crippen LogP contribution < -0.4 is 10.6 Å². The van der Waals surface area contributed by atoms with E-state index in [1.54, 1.807) is 0 Å². The quantitative estimate of drug-likeness (QED) is 0.656. The van der Waals surface area contributed by atoms with Gasteiger partial charge in [0.15, 0.2) is 0 Å². The molecule has 0 unspecified atom stereocenters. The van der Waals surface area contributed by atoms with E-state index in [1.807, 2.05) is 0 Å². The molecular weight excluding hydrogens is 268 g/mol. The van der Waals surface area contributed by atoms with Crippen molar-refractivity contribution in [2.24, 2.45) is 5.41 Å². The van der Waals surface area contributed by atoms with E-state index in [0.717, 1.165) is 38.5 Å². The monoisotopic (exact) mass is 296 g/mol. The topological polar surface area (TPSA) is 78.4 Å². The van der Waals surface area contributed by atoms with Crippen LogP contribution in [-0.4, -0.2) is 36.1 Å². The fraction of sp³-hybridized carbons (Fsp3) is 0.875. The minimum absolute atomic E-state index is 0.0771. The van der Waals surface area contributed by atoms with Crippen molar-refractivity contribution < 1.29 is 14.7 Å². The maximum absolute atomic E-state index is 11.9. The Morgan fingerprint density at radius 1 is 1.00 bits per heavy atom. The number of rotatable bonds is 6. The van der Waals surface area contributed by atoms with Crippen LogP contribution in [0.3, 0.4) is 0 Å². The second-order valence-corrected chi connectivity index (χ2v) is 6.64. The summed E-state index contributed by atoms with van der Waals surface area (Å²) >= 11 is 0. The van der Waals surface area contributed by atoms with Crippen LogP contribution in [0.1, 0.15) is 64.2 Å². The maximum atomic E-state index is 11.9. The molecule has 2 aliphatic rings. The number of carboxylic acids is 1. The summed E-state index contributed by atoms with van der Waals surface area (Å²) in [5, 5.41) is 15.7. The minimum atomic E-state index is -0.756. The first-order valence-electron chi connectivity index (χ1n) is 8.36. The van der Waals surface area contributed by atoms with Crippen molar-refractivity contribution in [3.8, 4) is 0 Å². The number of amides is 1. The van der Waals surface area contributed by atoms with Crippen LogP contribution in [0, 0.1) is 5.41 Å². The molecule has 2 rings (SSSR count). The Morgan fingerprint density at radius 2 is 1.62 bits per heavy atom. The highest BCUT2D eigenvalue weighted by Crippen LogP contribution is 2.34. The van der Waals surface area contributed by atoms with Crippen molar-refractivity contribution in [3.63, 3.8) is 0 Å². The number of hydrogen-bond acceptors (Lipinski definition) is 3. The van der Waals surface area contributed by atoms with E-state index in [9.17, 15) is 14.7 Å². The zero-order chi connectivity index (χ0) is 15.1. The third kappa shape index (κ3) is 4.70. The molecule has 0 atom stereocenters.